The van der Waals surface area contributed by atoms with Crippen LogP contribution in [0.1, 0.15) is 5.56 Å². The lowest BCUT2D eigenvalue weighted by atomic mass is 10.1. The van der Waals surface area contributed by atoms with Gasteiger partial charge in [-0.3, -0.25) is 9.98 Å². The number of pyridine rings is 1. The van der Waals surface area contributed by atoms with Crippen molar-refractivity contribution in [2.75, 3.05) is 26.7 Å². The highest BCUT2D eigenvalue weighted by atomic mass is 127. The predicted octanol–water partition coefficient (Wildman–Crippen LogP) is 1.87. The van der Waals surface area contributed by atoms with Gasteiger partial charge in [0.1, 0.15) is 4.90 Å². The summed E-state index contributed by atoms with van der Waals surface area (Å²) in [6, 6.07) is 11.3. The molecule has 3 rings (SSSR count). The molecule has 3 aromatic rings. The summed E-state index contributed by atoms with van der Waals surface area (Å²) in [5, 5.41) is 7.56. The van der Waals surface area contributed by atoms with Crippen molar-refractivity contribution in [1.82, 2.24) is 25.3 Å². The van der Waals surface area contributed by atoms with Gasteiger partial charge in [-0.15, -0.1) is 24.0 Å². The minimum atomic E-state index is -3.55. The third kappa shape index (κ3) is 6.41. The summed E-state index contributed by atoms with van der Waals surface area (Å²) in [4.78, 5) is 11.4. The third-order valence-corrected chi connectivity index (χ3v) is 5.69. The molecule has 0 saturated heterocycles. The minimum absolute atomic E-state index is 0. The Morgan fingerprint density at radius 2 is 1.90 bits per heavy atom. The normalized spacial score (nSPS) is 11.8. The van der Waals surface area contributed by atoms with E-state index in [2.05, 4.69) is 42.4 Å². The molecule has 0 unspecified atom stereocenters. The lowest BCUT2D eigenvalue weighted by Crippen LogP contribution is -2.42. The van der Waals surface area contributed by atoms with Crippen LogP contribution < -0.4 is 15.4 Å². The molecule has 156 valence electrons. The number of nitrogens with one attached hydrogen (secondary N) is 4. The summed E-state index contributed by atoms with van der Waals surface area (Å²) in [5.41, 5.74) is 2.36. The number of hydrogen-bond acceptors (Lipinski definition) is 4. The van der Waals surface area contributed by atoms with Gasteiger partial charge in [-0.2, -0.15) is 0 Å². The quantitative estimate of drug-likeness (QED) is 0.155. The van der Waals surface area contributed by atoms with Crippen molar-refractivity contribution < 1.29 is 8.42 Å². The number of rotatable bonds is 8. The molecule has 0 fully saturated rings. The Balaban J connectivity index is 0.00000300. The van der Waals surface area contributed by atoms with Crippen molar-refractivity contribution >= 4 is 50.9 Å². The van der Waals surface area contributed by atoms with E-state index in [-0.39, 0.29) is 35.4 Å². The monoisotopic (exact) mass is 528 g/mol. The number of aromatic nitrogens is 2. The molecule has 0 aliphatic carbocycles. The Hall–Kier alpha value is -2.18. The van der Waals surface area contributed by atoms with E-state index >= 15 is 0 Å². The number of H-pyrrole nitrogens is 1. The summed E-state index contributed by atoms with van der Waals surface area (Å²) in [5.74, 6) is 0.625. The highest BCUT2D eigenvalue weighted by molar-refractivity contribution is 14.0. The van der Waals surface area contributed by atoms with Crippen LogP contribution in [0.3, 0.4) is 0 Å². The Labute approximate surface area is 187 Å². The molecule has 2 heterocycles. The Kier molecular flexibility index (Phi) is 8.86. The first-order valence-electron chi connectivity index (χ1n) is 8.99. The SMILES string of the molecule is CN=C(NCCNS(=O)(=O)c1cccnc1)NCCc1c[nH]c2ccccc12.I. The lowest BCUT2D eigenvalue weighted by molar-refractivity contribution is 0.580. The first kappa shape index (κ1) is 23.1. The van der Waals surface area contributed by atoms with Gasteiger partial charge in [0, 0.05) is 56.2 Å². The van der Waals surface area contributed by atoms with Crippen LogP contribution in [0.15, 0.2) is 64.9 Å². The topological polar surface area (TPSA) is 111 Å². The molecular formula is C19H25IN6O2S. The van der Waals surface area contributed by atoms with E-state index in [9.17, 15) is 8.42 Å². The third-order valence-electron chi connectivity index (χ3n) is 4.24. The molecule has 10 heteroatoms. The van der Waals surface area contributed by atoms with Crippen LogP contribution in [-0.2, 0) is 16.4 Å². The van der Waals surface area contributed by atoms with E-state index in [1.54, 1.807) is 13.1 Å². The van der Waals surface area contributed by atoms with E-state index < -0.39 is 10.0 Å². The van der Waals surface area contributed by atoms with Gasteiger partial charge < -0.3 is 15.6 Å². The fourth-order valence-electron chi connectivity index (χ4n) is 2.83. The molecule has 0 atom stereocenters. The predicted molar refractivity (Wildman–Crippen MR) is 126 cm³/mol. The van der Waals surface area contributed by atoms with Crippen LogP contribution in [-0.4, -0.2) is 51.0 Å². The fraction of sp³-hybridized carbons (Fsp3) is 0.263. The van der Waals surface area contributed by atoms with Crippen LogP contribution in [0.2, 0.25) is 0 Å². The second kappa shape index (κ2) is 11.1. The largest absolute Gasteiger partial charge is 0.361 e. The van der Waals surface area contributed by atoms with Crippen molar-refractivity contribution in [3.05, 3.63) is 60.6 Å². The highest BCUT2D eigenvalue weighted by Crippen LogP contribution is 2.17. The van der Waals surface area contributed by atoms with E-state index in [0.29, 0.717) is 19.0 Å². The van der Waals surface area contributed by atoms with Crippen molar-refractivity contribution in [2.45, 2.75) is 11.3 Å². The Morgan fingerprint density at radius 1 is 1.10 bits per heavy atom. The minimum Gasteiger partial charge on any atom is -0.361 e. The number of halogens is 1. The molecule has 8 nitrogen and oxygen atoms in total. The van der Waals surface area contributed by atoms with Crippen LogP contribution >= 0.6 is 24.0 Å². The molecule has 0 spiro atoms. The second-order valence-electron chi connectivity index (χ2n) is 6.12. The van der Waals surface area contributed by atoms with Gasteiger partial charge in [0.15, 0.2) is 5.96 Å². The van der Waals surface area contributed by atoms with Crippen molar-refractivity contribution in [3.63, 3.8) is 0 Å². The second-order valence-corrected chi connectivity index (χ2v) is 7.89. The molecule has 4 N–H and O–H groups in total. The Bertz CT molecular complexity index is 1040. The van der Waals surface area contributed by atoms with Gasteiger partial charge in [0.2, 0.25) is 10.0 Å². The number of benzene rings is 1. The average Bonchev–Trinajstić information content (AvgIpc) is 3.13. The molecule has 1 aromatic carbocycles. The maximum atomic E-state index is 12.1. The number of aliphatic imine (C=N–C) groups is 1. The van der Waals surface area contributed by atoms with Crippen molar-refractivity contribution in [2.24, 2.45) is 4.99 Å². The summed E-state index contributed by atoms with van der Waals surface area (Å²) < 4.78 is 26.8. The van der Waals surface area contributed by atoms with E-state index in [0.717, 1.165) is 11.9 Å². The van der Waals surface area contributed by atoms with Gasteiger partial charge >= 0.3 is 0 Å². The molecular weight excluding hydrogens is 503 g/mol. The van der Waals surface area contributed by atoms with E-state index in [4.69, 9.17) is 0 Å². The van der Waals surface area contributed by atoms with Crippen LogP contribution in [0.25, 0.3) is 10.9 Å². The molecule has 0 radical (unpaired) electrons. The first-order chi connectivity index (χ1) is 13.6. The number of sulfonamides is 1. The molecule has 0 amide bonds. The molecule has 0 aliphatic heterocycles. The number of aromatic amines is 1. The van der Waals surface area contributed by atoms with Crippen molar-refractivity contribution in [1.29, 1.82) is 0 Å². The summed E-state index contributed by atoms with van der Waals surface area (Å²) in [7, 11) is -1.87. The van der Waals surface area contributed by atoms with Crippen LogP contribution in [0.5, 0.6) is 0 Å². The number of hydrogen-bond donors (Lipinski definition) is 4. The standard InChI is InChI=1S/C19H24N6O2S.HI/c1-20-19(22-10-8-15-13-24-18-7-3-2-6-17(15)18)23-11-12-25-28(26,27)16-5-4-9-21-14-16;/h2-7,9,13-14,24-25H,8,10-12H2,1H3,(H2,20,22,23);1H. The number of guanidine groups is 1. The number of fused-ring (bicyclic) bond motifs is 1. The van der Waals surface area contributed by atoms with Gasteiger partial charge in [-0.25, -0.2) is 13.1 Å². The summed E-state index contributed by atoms with van der Waals surface area (Å²) in [6.45, 7) is 1.36. The van der Waals surface area contributed by atoms with Crippen molar-refractivity contribution in [3.8, 4) is 0 Å². The zero-order valence-electron chi connectivity index (χ0n) is 16.1. The first-order valence-corrected chi connectivity index (χ1v) is 10.5. The number of para-hydroxylation sites is 1. The zero-order valence-corrected chi connectivity index (χ0v) is 19.2. The molecule has 2 aromatic heterocycles. The lowest BCUT2D eigenvalue weighted by Gasteiger charge is -2.12. The Morgan fingerprint density at radius 3 is 2.66 bits per heavy atom. The van der Waals surface area contributed by atoms with Crippen LogP contribution in [0.4, 0.5) is 0 Å². The highest BCUT2D eigenvalue weighted by Gasteiger charge is 2.12. The van der Waals surface area contributed by atoms with Gasteiger partial charge in [-0.1, -0.05) is 18.2 Å². The average molecular weight is 528 g/mol. The molecule has 0 bridgehead atoms. The maximum Gasteiger partial charge on any atom is 0.242 e. The zero-order chi connectivity index (χ0) is 19.8. The summed E-state index contributed by atoms with van der Waals surface area (Å²) >= 11 is 0. The van der Waals surface area contributed by atoms with E-state index in [1.807, 2.05) is 18.3 Å². The van der Waals surface area contributed by atoms with Gasteiger partial charge in [0.25, 0.3) is 0 Å². The molecule has 0 saturated carbocycles. The maximum absolute atomic E-state index is 12.1. The molecule has 29 heavy (non-hydrogen) atoms. The van der Waals surface area contributed by atoms with E-state index in [1.165, 1.54) is 29.4 Å². The fourth-order valence-corrected chi connectivity index (χ4v) is 3.83. The smallest absolute Gasteiger partial charge is 0.242 e. The van der Waals surface area contributed by atoms with Gasteiger partial charge in [0.05, 0.1) is 0 Å². The summed E-state index contributed by atoms with van der Waals surface area (Å²) in [6.07, 6.45) is 5.72. The molecule has 0 aliphatic rings. The van der Waals surface area contributed by atoms with Gasteiger partial charge in [-0.05, 0) is 30.2 Å². The number of nitrogens with zero attached hydrogens (tertiary/aromatic N) is 2. The van der Waals surface area contributed by atoms with Crippen LogP contribution in [0, 0.1) is 0 Å².